The van der Waals surface area contributed by atoms with Crippen molar-refractivity contribution in [2.45, 2.75) is 45.5 Å². The summed E-state index contributed by atoms with van der Waals surface area (Å²) < 4.78 is 11.6. The molecule has 1 saturated heterocycles. The number of nitrogens with one attached hydrogen (secondary N) is 1. The van der Waals surface area contributed by atoms with E-state index in [-0.39, 0.29) is 29.0 Å². The number of carbonyl (C=O) groups is 2. The standard InChI is InChI=1S/C21H26ClN5O4/c1-12-9-27(20(29)31-21(2,3)4)10-17(30-12)13-6-15(26-18(22)7-13)14-8-16(19(28)23-5)25-11-24-14/h6-8,11-12,17H,9-10H2,1-5H3,(H,23,28)/t12-,17+/m0/s1. The summed E-state index contributed by atoms with van der Waals surface area (Å²) >= 11 is 6.28. The molecule has 0 saturated carbocycles. The van der Waals surface area contributed by atoms with E-state index in [4.69, 9.17) is 21.1 Å². The number of carbonyl (C=O) groups excluding carboxylic acids is 2. The minimum Gasteiger partial charge on any atom is -0.444 e. The van der Waals surface area contributed by atoms with Gasteiger partial charge in [0.15, 0.2) is 0 Å². The Bertz CT molecular complexity index is 978. The number of hydrogen-bond donors (Lipinski definition) is 1. The summed E-state index contributed by atoms with van der Waals surface area (Å²) in [7, 11) is 1.53. The highest BCUT2D eigenvalue weighted by Gasteiger charge is 2.32. The lowest BCUT2D eigenvalue weighted by Gasteiger charge is -2.37. The molecule has 2 atom stereocenters. The highest BCUT2D eigenvalue weighted by Crippen LogP contribution is 2.30. The molecule has 0 spiro atoms. The van der Waals surface area contributed by atoms with Crippen molar-refractivity contribution in [2.24, 2.45) is 0 Å². The van der Waals surface area contributed by atoms with E-state index in [0.717, 1.165) is 5.56 Å². The van der Waals surface area contributed by atoms with Crippen molar-refractivity contribution in [3.8, 4) is 11.4 Å². The number of morpholine rings is 1. The quantitative estimate of drug-likeness (QED) is 0.719. The first-order chi connectivity index (χ1) is 14.6. The molecule has 0 aromatic carbocycles. The summed E-state index contributed by atoms with van der Waals surface area (Å²) in [6, 6.07) is 5.03. The van der Waals surface area contributed by atoms with Crippen LogP contribution in [0.5, 0.6) is 0 Å². The van der Waals surface area contributed by atoms with Crippen molar-refractivity contribution in [3.63, 3.8) is 0 Å². The van der Waals surface area contributed by atoms with Crippen molar-refractivity contribution >= 4 is 23.6 Å². The fourth-order valence-corrected chi connectivity index (χ4v) is 3.41. The fraction of sp³-hybridized carbons (Fsp3) is 0.476. The lowest BCUT2D eigenvalue weighted by Crippen LogP contribution is -2.47. The van der Waals surface area contributed by atoms with E-state index in [1.807, 2.05) is 27.7 Å². The lowest BCUT2D eigenvalue weighted by atomic mass is 10.1. The summed E-state index contributed by atoms with van der Waals surface area (Å²) in [4.78, 5) is 38.6. The predicted octanol–water partition coefficient (Wildman–Crippen LogP) is 3.25. The summed E-state index contributed by atoms with van der Waals surface area (Å²) in [6.45, 7) is 8.12. The van der Waals surface area contributed by atoms with Crippen LogP contribution < -0.4 is 5.32 Å². The molecule has 0 bridgehead atoms. The van der Waals surface area contributed by atoms with Gasteiger partial charge in [-0.15, -0.1) is 0 Å². The molecule has 31 heavy (non-hydrogen) atoms. The molecule has 9 nitrogen and oxygen atoms in total. The minimum absolute atomic E-state index is 0.194. The zero-order valence-electron chi connectivity index (χ0n) is 18.2. The number of amides is 2. The zero-order chi connectivity index (χ0) is 22.8. The first kappa shape index (κ1) is 22.9. The van der Waals surface area contributed by atoms with Gasteiger partial charge in [-0.25, -0.2) is 19.7 Å². The molecular formula is C21H26ClN5O4. The Labute approximate surface area is 186 Å². The summed E-state index contributed by atoms with van der Waals surface area (Å²) in [6.07, 6.45) is 0.293. The van der Waals surface area contributed by atoms with Gasteiger partial charge >= 0.3 is 6.09 Å². The van der Waals surface area contributed by atoms with Crippen molar-refractivity contribution in [1.29, 1.82) is 0 Å². The van der Waals surface area contributed by atoms with Crippen LogP contribution in [0.4, 0.5) is 4.79 Å². The minimum atomic E-state index is -0.587. The Morgan fingerprint density at radius 1 is 1.19 bits per heavy atom. The molecule has 1 aliphatic rings. The third kappa shape index (κ3) is 5.89. The van der Waals surface area contributed by atoms with Crippen LogP contribution in [-0.4, -0.2) is 63.7 Å². The molecule has 166 valence electrons. The van der Waals surface area contributed by atoms with Crippen molar-refractivity contribution in [1.82, 2.24) is 25.2 Å². The maximum atomic E-state index is 12.6. The maximum Gasteiger partial charge on any atom is 0.410 e. The Morgan fingerprint density at radius 2 is 1.94 bits per heavy atom. The van der Waals surface area contributed by atoms with Crippen molar-refractivity contribution < 1.29 is 19.1 Å². The Hall–Kier alpha value is -2.78. The van der Waals surface area contributed by atoms with E-state index >= 15 is 0 Å². The number of halogens is 1. The highest BCUT2D eigenvalue weighted by molar-refractivity contribution is 6.29. The molecule has 3 rings (SSSR count). The van der Waals surface area contributed by atoms with Gasteiger partial charge in [0.1, 0.15) is 28.9 Å². The molecule has 2 amide bonds. The Balaban J connectivity index is 1.89. The monoisotopic (exact) mass is 447 g/mol. The van der Waals surface area contributed by atoms with Crippen LogP contribution in [0, 0.1) is 0 Å². The smallest absolute Gasteiger partial charge is 0.410 e. The van der Waals surface area contributed by atoms with E-state index < -0.39 is 11.7 Å². The fourth-order valence-electron chi connectivity index (χ4n) is 3.19. The van der Waals surface area contributed by atoms with Gasteiger partial charge in [-0.05, 0) is 51.5 Å². The Kier molecular flexibility index (Phi) is 6.76. The summed E-state index contributed by atoms with van der Waals surface area (Å²) in [5, 5.41) is 2.77. The number of nitrogens with zero attached hydrogens (tertiary/aromatic N) is 4. The summed E-state index contributed by atoms with van der Waals surface area (Å²) in [5.41, 5.74) is 1.30. The van der Waals surface area contributed by atoms with Crippen LogP contribution in [0.1, 0.15) is 49.9 Å². The van der Waals surface area contributed by atoms with E-state index in [9.17, 15) is 9.59 Å². The van der Waals surface area contributed by atoms with Gasteiger partial charge in [0, 0.05) is 7.05 Å². The van der Waals surface area contributed by atoms with Crippen molar-refractivity contribution in [3.05, 3.63) is 40.9 Å². The van der Waals surface area contributed by atoms with E-state index in [0.29, 0.717) is 24.5 Å². The third-order valence-electron chi connectivity index (χ3n) is 4.49. The lowest BCUT2D eigenvalue weighted by molar-refractivity contribution is -0.0816. The second kappa shape index (κ2) is 9.15. The van der Waals surface area contributed by atoms with E-state index in [1.165, 1.54) is 13.4 Å². The molecule has 2 aromatic rings. The van der Waals surface area contributed by atoms with Gasteiger partial charge in [0.05, 0.1) is 30.6 Å². The second-order valence-electron chi connectivity index (χ2n) is 8.30. The zero-order valence-corrected chi connectivity index (χ0v) is 18.9. The topological polar surface area (TPSA) is 107 Å². The van der Waals surface area contributed by atoms with Gasteiger partial charge in [-0.3, -0.25) is 4.79 Å². The van der Waals surface area contributed by atoms with Crippen LogP contribution in [0.15, 0.2) is 24.5 Å². The van der Waals surface area contributed by atoms with Gasteiger partial charge in [-0.2, -0.15) is 0 Å². The number of rotatable bonds is 3. The number of hydrogen-bond acceptors (Lipinski definition) is 7. The number of aromatic nitrogens is 3. The molecule has 1 fully saturated rings. The van der Waals surface area contributed by atoms with E-state index in [2.05, 4.69) is 20.3 Å². The highest BCUT2D eigenvalue weighted by atomic mass is 35.5. The molecule has 0 unspecified atom stereocenters. The molecular weight excluding hydrogens is 422 g/mol. The summed E-state index contributed by atoms with van der Waals surface area (Å²) in [5.74, 6) is -0.330. The van der Waals surface area contributed by atoms with Gasteiger partial charge < -0.3 is 19.7 Å². The molecule has 1 N–H and O–H groups in total. The van der Waals surface area contributed by atoms with Gasteiger partial charge in [0.25, 0.3) is 5.91 Å². The average molecular weight is 448 g/mol. The maximum absolute atomic E-state index is 12.6. The van der Waals surface area contributed by atoms with Crippen LogP contribution >= 0.6 is 11.6 Å². The number of pyridine rings is 1. The third-order valence-corrected chi connectivity index (χ3v) is 4.68. The molecule has 2 aromatic heterocycles. The molecule has 10 heteroatoms. The molecule has 0 aliphatic carbocycles. The largest absolute Gasteiger partial charge is 0.444 e. The van der Waals surface area contributed by atoms with Crippen LogP contribution in [0.2, 0.25) is 5.15 Å². The SMILES string of the molecule is CNC(=O)c1cc(-c2cc([C@H]3CN(C(=O)OC(C)(C)C)C[C@H](C)O3)cc(Cl)n2)ncn1. The number of ether oxygens (including phenoxy) is 2. The van der Waals surface area contributed by atoms with Crippen LogP contribution in [0.3, 0.4) is 0 Å². The van der Waals surface area contributed by atoms with Crippen LogP contribution in [-0.2, 0) is 9.47 Å². The predicted molar refractivity (Wildman–Crippen MR) is 115 cm³/mol. The van der Waals surface area contributed by atoms with Crippen molar-refractivity contribution in [2.75, 3.05) is 20.1 Å². The first-order valence-corrected chi connectivity index (χ1v) is 10.3. The first-order valence-electron chi connectivity index (χ1n) is 9.91. The molecule has 0 radical (unpaired) electrons. The van der Waals surface area contributed by atoms with Crippen LogP contribution in [0.25, 0.3) is 11.4 Å². The normalized spacial score (nSPS) is 19.1. The van der Waals surface area contributed by atoms with Gasteiger partial charge in [-0.1, -0.05) is 11.6 Å². The van der Waals surface area contributed by atoms with Gasteiger partial charge in [0.2, 0.25) is 0 Å². The Morgan fingerprint density at radius 3 is 2.61 bits per heavy atom. The van der Waals surface area contributed by atoms with E-state index in [1.54, 1.807) is 23.1 Å². The second-order valence-corrected chi connectivity index (χ2v) is 8.68. The molecule has 3 heterocycles. The molecule has 1 aliphatic heterocycles. The average Bonchev–Trinajstić information content (AvgIpc) is 2.71.